The molecule has 1 N–H and O–H groups in total. The average molecular weight is 361 g/mol. The van der Waals surface area contributed by atoms with Gasteiger partial charge >= 0.3 is 0 Å². The molecule has 0 fully saturated rings. The van der Waals surface area contributed by atoms with Crippen molar-refractivity contribution in [3.05, 3.63) is 43.0 Å². The van der Waals surface area contributed by atoms with E-state index in [1.165, 1.54) is 10.4 Å². The van der Waals surface area contributed by atoms with Gasteiger partial charge in [-0.15, -0.1) is 11.3 Å². The second-order valence-electron chi connectivity index (χ2n) is 6.79. The zero-order chi connectivity index (χ0) is 17.0. The number of rotatable bonds is 2. The van der Waals surface area contributed by atoms with Crippen molar-refractivity contribution in [1.82, 2.24) is 19.3 Å². The summed E-state index contributed by atoms with van der Waals surface area (Å²) >= 11 is 7.17. The lowest BCUT2D eigenvalue weighted by Gasteiger charge is -2.17. The zero-order valence-corrected chi connectivity index (χ0v) is 15.7. The first-order valence-corrected chi connectivity index (χ1v) is 9.43. The highest BCUT2D eigenvalue weighted by Crippen LogP contribution is 2.35. The topological polar surface area (TPSA) is 55.6 Å². The van der Waals surface area contributed by atoms with Gasteiger partial charge in [0.15, 0.2) is 4.77 Å². The Kier molecular flexibility index (Phi) is 3.73. The van der Waals surface area contributed by atoms with Gasteiger partial charge in [0, 0.05) is 23.7 Å². The number of fused-ring (bicyclic) bond motifs is 3. The van der Waals surface area contributed by atoms with Gasteiger partial charge in [0.2, 0.25) is 0 Å². The number of aromatic amines is 1. The van der Waals surface area contributed by atoms with Gasteiger partial charge in [0.05, 0.1) is 17.6 Å². The molecule has 5 nitrogen and oxygen atoms in total. The zero-order valence-electron chi connectivity index (χ0n) is 14.0. The molecule has 0 bridgehead atoms. The van der Waals surface area contributed by atoms with Gasteiger partial charge < -0.3 is 4.98 Å². The number of nitrogens with one attached hydrogen (secondary N) is 1. The van der Waals surface area contributed by atoms with Gasteiger partial charge in [-0.2, -0.15) is 5.10 Å². The molecule has 1 aliphatic carbocycles. The number of nitrogens with zero attached hydrogens (tertiary/aromatic N) is 3. The molecule has 1 atom stereocenters. The van der Waals surface area contributed by atoms with Crippen LogP contribution in [0.25, 0.3) is 10.2 Å². The van der Waals surface area contributed by atoms with E-state index < -0.39 is 0 Å². The molecule has 0 spiro atoms. The Morgan fingerprint density at radius 3 is 3.00 bits per heavy atom. The highest BCUT2D eigenvalue weighted by Gasteiger charge is 2.23. The van der Waals surface area contributed by atoms with E-state index in [2.05, 4.69) is 17.0 Å². The van der Waals surface area contributed by atoms with Crippen molar-refractivity contribution >= 4 is 33.8 Å². The van der Waals surface area contributed by atoms with Crippen LogP contribution in [0.1, 0.15) is 35.0 Å². The molecule has 24 heavy (non-hydrogen) atoms. The van der Waals surface area contributed by atoms with Crippen LogP contribution in [0.15, 0.2) is 11.0 Å². The predicted molar refractivity (Wildman–Crippen MR) is 99.5 cm³/mol. The number of H-pyrrole nitrogens is 1. The lowest BCUT2D eigenvalue weighted by atomic mass is 9.89. The SMILES string of the molecule is Cc1nn(C)cc1Cn1c(=S)[nH]c2sc3c(c2c1=O)CC[C@@H](C)C3. The van der Waals surface area contributed by atoms with Gasteiger partial charge in [-0.05, 0) is 49.9 Å². The van der Waals surface area contributed by atoms with Crippen molar-refractivity contribution in [1.29, 1.82) is 0 Å². The fourth-order valence-corrected chi connectivity index (χ4v) is 5.29. The molecule has 126 valence electrons. The predicted octanol–water partition coefficient (Wildman–Crippen LogP) is 3.34. The highest BCUT2D eigenvalue weighted by molar-refractivity contribution is 7.71. The van der Waals surface area contributed by atoms with Crippen LogP contribution >= 0.6 is 23.6 Å². The molecule has 0 saturated carbocycles. The Labute approximate surface area is 149 Å². The lowest BCUT2D eigenvalue weighted by Crippen LogP contribution is -2.23. The Balaban J connectivity index is 1.89. The van der Waals surface area contributed by atoms with E-state index in [1.807, 2.05) is 20.2 Å². The van der Waals surface area contributed by atoms with Crippen molar-refractivity contribution in [3.8, 4) is 0 Å². The third-order valence-electron chi connectivity index (χ3n) is 4.88. The number of aromatic nitrogens is 4. The van der Waals surface area contributed by atoms with Gasteiger partial charge in [-0.3, -0.25) is 14.0 Å². The molecule has 0 radical (unpaired) electrons. The van der Waals surface area contributed by atoms with Gasteiger partial charge in [0.1, 0.15) is 4.83 Å². The summed E-state index contributed by atoms with van der Waals surface area (Å²) < 4.78 is 3.93. The highest BCUT2D eigenvalue weighted by atomic mass is 32.1. The molecular formula is C17H20N4OS2. The molecule has 0 unspecified atom stereocenters. The minimum Gasteiger partial charge on any atom is -0.323 e. The summed E-state index contributed by atoms with van der Waals surface area (Å²) in [6.45, 7) is 4.70. The van der Waals surface area contributed by atoms with E-state index in [4.69, 9.17) is 12.2 Å². The number of hydrogen-bond donors (Lipinski definition) is 1. The first-order chi connectivity index (χ1) is 11.4. The van der Waals surface area contributed by atoms with E-state index in [0.717, 1.165) is 40.7 Å². The fourth-order valence-electron chi connectivity index (χ4n) is 3.57. The maximum Gasteiger partial charge on any atom is 0.263 e. The Hall–Kier alpha value is -1.73. The third-order valence-corrected chi connectivity index (χ3v) is 6.37. The number of aryl methyl sites for hydroxylation is 3. The molecule has 0 aromatic carbocycles. The molecule has 1 aliphatic rings. The third kappa shape index (κ3) is 2.46. The molecule has 7 heteroatoms. The largest absolute Gasteiger partial charge is 0.323 e. The second-order valence-corrected chi connectivity index (χ2v) is 8.28. The van der Waals surface area contributed by atoms with E-state index in [9.17, 15) is 4.79 Å². The van der Waals surface area contributed by atoms with Gasteiger partial charge in [-0.25, -0.2) is 0 Å². The Morgan fingerprint density at radius 1 is 1.50 bits per heavy atom. The summed E-state index contributed by atoms with van der Waals surface area (Å²) in [7, 11) is 1.89. The standard InChI is InChI=1S/C17H20N4OS2/c1-9-4-5-12-13(6-9)24-15-14(12)16(22)21(17(23)18-15)8-11-7-20(3)19-10(11)2/h7,9H,4-6,8H2,1-3H3,(H,18,23)/t9-/m1/s1. The summed E-state index contributed by atoms with van der Waals surface area (Å²) in [6.07, 6.45) is 5.15. The molecule has 0 amide bonds. The summed E-state index contributed by atoms with van der Waals surface area (Å²) in [5.74, 6) is 0.689. The van der Waals surface area contributed by atoms with Crippen molar-refractivity contribution in [2.75, 3.05) is 0 Å². The van der Waals surface area contributed by atoms with Crippen LogP contribution in [0.5, 0.6) is 0 Å². The van der Waals surface area contributed by atoms with Crippen LogP contribution in [0.2, 0.25) is 0 Å². The minimum atomic E-state index is 0.0315. The van der Waals surface area contributed by atoms with Crippen LogP contribution in [-0.2, 0) is 26.4 Å². The maximum absolute atomic E-state index is 13.1. The summed E-state index contributed by atoms with van der Waals surface area (Å²) in [5.41, 5.74) is 3.22. The second kappa shape index (κ2) is 5.67. The smallest absolute Gasteiger partial charge is 0.263 e. The van der Waals surface area contributed by atoms with Crippen LogP contribution in [-0.4, -0.2) is 19.3 Å². The van der Waals surface area contributed by atoms with Crippen molar-refractivity contribution in [2.24, 2.45) is 13.0 Å². The first-order valence-electron chi connectivity index (χ1n) is 8.20. The van der Waals surface area contributed by atoms with Crippen molar-refractivity contribution in [3.63, 3.8) is 0 Å². The van der Waals surface area contributed by atoms with E-state index in [0.29, 0.717) is 17.2 Å². The van der Waals surface area contributed by atoms with Crippen LogP contribution in [0.3, 0.4) is 0 Å². The van der Waals surface area contributed by atoms with E-state index in [1.54, 1.807) is 20.6 Å². The lowest BCUT2D eigenvalue weighted by molar-refractivity contribution is 0.509. The molecule has 0 aliphatic heterocycles. The normalized spacial score (nSPS) is 17.4. The molecule has 0 saturated heterocycles. The van der Waals surface area contributed by atoms with Crippen molar-refractivity contribution in [2.45, 2.75) is 39.7 Å². The summed E-state index contributed by atoms with van der Waals surface area (Å²) in [5, 5.41) is 5.20. The first kappa shape index (κ1) is 15.8. The van der Waals surface area contributed by atoms with Gasteiger partial charge in [0.25, 0.3) is 5.56 Å². The average Bonchev–Trinajstić information content (AvgIpc) is 3.02. The monoisotopic (exact) mass is 360 g/mol. The fraction of sp³-hybridized carbons (Fsp3) is 0.471. The molecular weight excluding hydrogens is 340 g/mol. The van der Waals surface area contributed by atoms with Crippen LogP contribution in [0.4, 0.5) is 0 Å². The number of thiophene rings is 1. The number of hydrogen-bond acceptors (Lipinski definition) is 4. The quantitative estimate of drug-likeness (QED) is 0.713. The summed E-state index contributed by atoms with van der Waals surface area (Å²) in [6, 6.07) is 0. The molecule has 3 aromatic heterocycles. The van der Waals surface area contributed by atoms with E-state index in [-0.39, 0.29) is 5.56 Å². The maximum atomic E-state index is 13.1. The Bertz CT molecular complexity index is 1050. The van der Waals surface area contributed by atoms with Gasteiger partial charge in [-0.1, -0.05) is 6.92 Å². The minimum absolute atomic E-state index is 0.0315. The van der Waals surface area contributed by atoms with Crippen LogP contribution in [0, 0.1) is 17.6 Å². The molecule has 3 aromatic rings. The Morgan fingerprint density at radius 2 is 2.29 bits per heavy atom. The van der Waals surface area contributed by atoms with E-state index >= 15 is 0 Å². The molecule has 4 rings (SSSR count). The van der Waals surface area contributed by atoms with Crippen LogP contribution < -0.4 is 5.56 Å². The summed E-state index contributed by atoms with van der Waals surface area (Å²) in [4.78, 5) is 18.7. The molecule has 3 heterocycles. The van der Waals surface area contributed by atoms with Crippen molar-refractivity contribution < 1.29 is 0 Å².